The van der Waals surface area contributed by atoms with E-state index in [1.165, 1.54) is 23.4 Å². The molecule has 0 aliphatic rings. The summed E-state index contributed by atoms with van der Waals surface area (Å²) in [6, 6.07) is 14.9. The Kier molecular flexibility index (Phi) is 4.99. The van der Waals surface area contributed by atoms with Gasteiger partial charge in [-0.2, -0.15) is 0 Å². The Bertz CT molecular complexity index is 537. The molecule has 0 fully saturated rings. The fourth-order valence-electron chi connectivity index (χ4n) is 2.27. The summed E-state index contributed by atoms with van der Waals surface area (Å²) >= 11 is 0. The van der Waals surface area contributed by atoms with Crippen molar-refractivity contribution in [3.63, 3.8) is 0 Å². The number of rotatable bonds is 6. The fourth-order valence-corrected chi connectivity index (χ4v) is 2.27. The second-order valence-electron chi connectivity index (χ2n) is 4.80. The highest BCUT2D eigenvalue weighted by Gasteiger charge is 2.06. The minimum absolute atomic E-state index is 0.203. The Morgan fingerprint density at radius 1 is 1.05 bits per heavy atom. The van der Waals surface area contributed by atoms with Gasteiger partial charge in [0.15, 0.2) is 0 Å². The highest BCUT2D eigenvalue weighted by Crippen LogP contribution is 2.18. The van der Waals surface area contributed by atoms with Gasteiger partial charge in [0.05, 0.1) is 0 Å². The van der Waals surface area contributed by atoms with Crippen molar-refractivity contribution in [2.75, 3.05) is 29.9 Å². The molecule has 3 heteroatoms. The van der Waals surface area contributed by atoms with Gasteiger partial charge >= 0.3 is 0 Å². The first-order chi connectivity index (χ1) is 9.70. The summed E-state index contributed by atoms with van der Waals surface area (Å²) in [5.74, 6) is -0.203. The highest BCUT2D eigenvalue weighted by molar-refractivity contribution is 5.53. The van der Waals surface area contributed by atoms with Crippen molar-refractivity contribution in [3.05, 3.63) is 59.9 Å². The summed E-state index contributed by atoms with van der Waals surface area (Å²) in [5, 5.41) is 3.32. The zero-order valence-corrected chi connectivity index (χ0v) is 12.1. The van der Waals surface area contributed by atoms with Crippen LogP contribution in [0.1, 0.15) is 12.5 Å². The predicted molar refractivity (Wildman–Crippen MR) is 84.0 cm³/mol. The number of likely N-dealkylation sites (N-methyl/N-ethyl adjacent to an activating group) is 1. The van der Waals surface area contributed by atoms with Crippen molar-refractivity contribution < 1.29 is 4.39 Å². The van der Waals surface area contributed by atoms with Crippen LogP contribution in [0.4, 0.5) is 15.8 Å². The van der Waals surface area contributed by atoms with E-state index in [-0.39, 0.29) is 5.82 Å². The van der Waals surface area contributed by atoms with Crippen LogP contribution in [-0.2, 0) is 0 Å². The lowest BCUT2D eigenvalue weighted by Gasteiger charge is -2.25. The molecule has 2 aromatic rings. The van der Waals surface area contributed by atoms with E-state index in [0.717, 1.165) is 25.3 Å². The van der Waals surface area contributed by atoms with Crippen LogP contribution >= 0.6 is 0 Å². The van der Waals surface area contributed by atoms with Crippen LogP contribution in [0.15, 0.2) is 48.5 Å². The van der Waals surface area contributed by atoms with Crippen LogP contribution in [0.2, 0.25) is 0 Å². The maximum atomic E-state index is 12.8. The number of aryl methyl sites for hydroxylation is 1. The Hall–Kier alpha value is -2.03. The van der Waals surface area contributed by atoms with Gasteiger partial charge in [-0.3, -0.25) is 0 Å². The molecular formula is C17H21FN2. The second kappa shape index (κ2) is 6.94. The third-order valence-corrected chi connectivity index (χ3v) is 3.39. The average Bonchev–Trinajstić information content (AvgIpc) is 2.47. The Labute approximate surface area is 120 Å². The third-order valence-electron chi connectivity index (χ3n) is 3.39. The number of anilines is 2. The molecule has 106 valence electrons. The van der Waals surface area contributed by atoms with Gasteiger partial charge < -0.3 is 10.2 Å². The van der Waals surface area contributed by atoms with Crippen LogP contribution in [0.3, 0.4) is 0 Å². The molecular weight excluding hydrogens is 251 g/mol. The summed E-state index contributed by atoms with van der Waals surface area (Å²) in [7, 11) is 0. The molecule has 0 amide bonds. The molecule has 2 rings (SSSR count). The molecule has 0 aliphatic heterocycles. The van der Waals surface area contributed by atoms with Gasteiger partial charge in [0.2, 0.25) is 0 Å². The van der Waals surface area contributed by atoms with Gasteiger partial charge in [0.25, 0.3) is 0 Å². The quantitative estimate of drug-likeness (QED) is 0.852. The van der Waals surface area contributed by atoms with Crippen LogP contribution in [-0.4, -0.2) is 19.6 Å². The lowest BCUT2D eigenvalue weighted by Crippen LogP contribution is -2.29. The van der Waals surface area contributed by atoms with Crippen LogP contribution in [0.5, 0.6) is 0 Å². The molecule has 0 atom stereocenters. The van der Waals surface area contributed by atoms with Gasteiger partial charge in [0.1, 0.15) is 5.82 Å². The smallest absolute Gasteiger partial charge is 0.123 e. The van der Waals surface area contributed by atoms with Crippen molar-refractivity contribution in [2.24, 2.45) is 0 Å². The lowest BCUT2D eigenvalue weighted by molar-refractivity contribution is 0.628. The molecule has 0 bridgehead atoms. The Morgan fingerprint density at radius 3 is 2.40 bits per heavy atom. The zero-order chi connectivity index (χ0) is 14.4. The third kappa shape index (κ3) is 3.73. The van der Waals surface area contributed by atoms with Crippen LogP contribution < -0.4 is 10.2 Å². The molecule has 0 aromatic heterocycles. The Balaban J connectivity index is 1.91. The lowest BCUT2D eigenvalue weighted by atomic mass is 10.2. The van der Waals surface area contributed by atoms with E-state index in [9.17, 15) is 4.39 Å². The maximum absolute atomic E-state index is 12.8. The molecule has 2 aromatic carbocycles. The minimum atomic E-state index is -0.203. The number of para-hydroxylation sites is 1. The fraction of sp³-hybridized carbons (Fsp3) is 0.294. The van der Waals surface area contributed by atoms with E-state index < -0.39 is 0 Å². The van der Waals surface area contributed by atoms with Crippen molar-refractivity contribution in [3.8, 4) is 0 Å². The van der Waals surface area contributed by atoms with Crippen molar-refractivity contribution >= 4 is 11.4 Å². The molecule has 0 saturated heterocycles. The highest BCUT2D eigenvalue weighted by atomic mass is 19.1. The summed E-state index contributed by atoms with van der Waals surface area (Å²) in [6.07, 6.45) is 0. The van der Waals surface area contributed by atoms with Crippen molar-refractivity contribution in [1.29, 1.82) is 0 Å². The van der Waals surface area contributed by atoms with Gasteiger partial charge in [0, 0.05) is 31.0 Å². The second-order valence-corrected chi connectivity index (χ2v) is 4.80. The van der Waals surface area contributed by atoms with E-state index in [1.54, 1.807) is 12.1 Å². The topological polar surface area (TPSA) is 15.3 Å². The van der Waals surface area contributed by atoms with E-state index in [1.807, 2.05) is 0 Å². The van der Waals surface area contributed by atoms with Gasteiger partial charge in [-0.05, 0) is 49.7 Å². The Morgan fingerprint density at radius 2 is 1.75 bits per heavy atom. The largest absolute Gasteiger partial charge is 0.383 e. The first-order valence-corrected chi connectivity index (χ1v) is 7.00. The number of benzene rings is 2. The molecule has 0 heterocycles. The normalized spacial score (nSPS) is 10.3. The van der Waals surface area contributed by atoms with E-state index >= 15 is 0 Å². The molecule has 20 heavy (non-hydrogen) atoms. The van der Waals surface area contributed by atoms with Gasteiger partial charge in [-0.1, -0.05) is 18.2 Å². The van der Waals surface area contributed by atoms with Crippen molar-refractivity contribution in [2.45, 2.75) is 13.8 Å². The maximum Gasteiger partial charge on any atom is 0.123 e. The number of halogens is 1. The van der Waals surface area contributed by atoms with Gasteiger partial charge in [-0.25, -0.2) is 4.39 Å². The molecule has 0 unspecified atom stereocenters. The van der Waals surface area contributed by atoms with Crippen LogP contribution in [0, 0.1) is 12.7 Å². The average molecular weight is 272 g/mol. The first kappa shape index (κ1) is 14.4. The zero-order valence-electron chi connectivity index (χ0n) is 12.1. The van der Waals surface area contributed by atoms with Crippen LogP contribution in [0.25, 0.3) is 0 Å². The molecule has 2 nitrogen and oxygen atoms in total. The number of nitrogens with zero attached hydrogens (tertiary/aromatic N) is 1. The number of hydrogen-bond donors (Lipinski definition) is 1. The summed E-state index contributed by atoms with van der Waals surface area (Å²) in [5.41, 5.74) is 3.51. The molecule has 1 N–H and O–H groups in total. The van der Waals surface area contributed by atoms with E-state index in [0.29, 0.717) is 0 Å². The molecule has 0 radical (unpaired) electrons. The van der Waals surface area contributed by atoms with Gasteiger partial charge in [-0.15, -0.1) is 0 Å². The summed E-state index contributed by atoms with van der Waals surface area (Å²) < 4.78 is 12.8. The summed E-state index contributed by atoms with van der Waals surface area (Å²) in [6.45, 7) is 7.00. The molecule has 0 saturated carbocycles. The van der Waals surface area contributed by atoms with E-state index in [4.69, 9.17) is 0 Å². The van der Waals surface area contributed by atoms with Crippen molar-refractivity contribution in [1.82, 2.24) is 0 Å². The van der Waals surface area contributed by atoms with E-state index in [2.05, 4.69) is 48.3 Å². The molecule has 0 aliphatic carbocycles. The summed E-state index contributed by atoms with van der Waals surface area (Å²) in [4.78, 5) is 2.34. The minimum Gasteiger partial charge on any atom is -0.383 e. The monoisotopic (exact) mass is 272 g/mol. The SMILES string of the molecule is CCN(CCNc1ccc(F)cc1)c1ccccc1C. The first-order valence-electron chi connectivity index (χ1n) is 7.00. The number of nitrogens with one attached hydrogen (secondary N) is 1. The standard InChI is InChI=1S/C17H21FN2/c1-3-20(17-7-5-4-6-14(17)2)13-12-19-16-10-8-15(18)9-11-16/h4-11,19H,3,12-13H2,1-2H3. The molecule has 0 spiro atoms. The number of hydrogen-bond acceptors (Lipinski definition) is 2. The predicted octanol–water partition coefficient (Wildman–Crippen LogP) is 4.07.